The van der Waals surface area contributed by atoms with Crippen LogP contribution in [0.3, 0.4) is 0 Å². The summed E-state index contributed by atoms with van der Waals surface area (Å²) in [6.45, 7) is 0. The molecule has 0 aromatic rings. The van der Waals surface area contributed by atoms with Gasteiger partial charge < -0.3 is 18.0 Å². The van der Waals surface area contributed by atoms with E-state index >= 15 is 0 Å². The molecule has 4 nitrogen and oxygen atoms in total. The highest BCUT2D eigenvalue weighted by Crippen LogP contribution is 2.41. The number of rotatable bonds is 6. The second-order valence-corrected chi connectivity index (χ2v) is 7.82. The predicted octanol–water partition coefficient (Wildman–Crippen LogP) is 0.370. The topological polar surface area (TPSA) is 40.2 Å². The molecule has 0 amide bonds. The Kier molecular flexibility index (Phi) is 5.81. The van der Waals surface area contributed by atoms with E-state index < -0.39 is 8.80 Å². The fourth-order valence-electron chi connectivity index (χ4n) is 2.69. The first-order chi connectivity index (χ1) is 7.73. The molecule has 1 aliphatic heterocycles. The van der Waals surface area contributed by atoms with Gasteiger partial charge in [-0.1, -0.05) is 0 Å². The first-order valence-electron chi connectivity index (χ1n) is 6.04. The van der Waals surface area contributed by atoms with Crippen LogP contribution in [0.5, 0.6) is 0 Å². The molecule has 1 saturated carbocycles. The normalized spacial score (nSPS) is 31.6. The molecule has 0 radical (unpaired) electrons. The minimum atomic E-state index is -2.35. The molecule has 17 heavy (non-hydrogen) atoms. The molecule has 3 atom stereocenters. The van der Waals surface area contributed by atoms with E-state index in [0.717, 1.165) is 18.4 Å². The van der Waals surface area contributed by atoms with Crippen LogP contribution in [0.1, 0.15) is 25.7 Å². The Morgan fingerprint density at radius 1 is 1.06 bits per heavy atom. The van der Waals surface area contributed by atoms with Crippen LogP contribution in [0.4, 0.5) is 0 Å². The molecule has 102 valence electrons. The highest BCUT2D eigenvalue weighted by molar-refractivity contribution is 6.60. The summed E-state index contributed by atoms with van der Waals surface area (Å²) in [7, 11) is 2.69. The standard InChI is InChI=1S/C11H22O4Si.H4Si/c1-12-16(13-2,14-3)7-6-9-4-5-10-11(8-9)15-10;/h9-11H,4-8H2,1-3H3;1H4. The molecule has 1 saturated heterocycles. The molecule has 0 aromatic heterocycles. The minimum absolute atomic E-state index is 0. The van der Waals surface area contributed by atoms with Gasteiger partial charge in [0, 0.05) is 27.4 Å². The summed E-state index contributed by atoms with van der Waals surface area (Å²) in [6.07, 6.45) is 6.01. The SMILES string of the molecule is CO[Si](CCC1CCC2OC2C1)(OC)OC.[SiH4]. The molecule has 0 spiro atoms. The first kappa shape index (κ1) is 15.3. The van der Waals surface area contributed by atoms with Crippen molar-refractivity contribution >= 4 is 19.8 Å². The van der Waals surface area contributed by atoms with Crippen molar-refractivity contribution in [2.24, 2.45) is 5.92 Å². The van der Waals surface area contributed by atoms with E-state index in [9.17, 15) is 0 Å². The maximum atomic E-state index is 5.54. The monoisotopic (exact) mass is 278 g/mol. The smallest absolute Gasteiger partial charge is 0.377 e. The van der Waals surface area contributed by atoms with Crippen LogP contribution in [-0.4, -0.2) is 53.3 Å². The zero-order valence-electron chi connectivity index (χ0n) is 10.4. The fourth-order valence-corrected chi connectivity index (χ4v) is 4.56. The van der Waals surface area contributed by atoms with Gasteiger partial charge in [-0.15, -0.1) is 0 Å². The summed E-state index contributed by atoms with van der Waals surface area (Å²) in [4.78, 5) is 0. The predicted molar refractivity (Wildman–Crippen MR) is 73.5 cm³/mol. The van der Waals surface area contributed by atoms with Crippen LogP contribution in [0.15, 0.2) is 0 Å². The summed E-state index contributed by atoms with van der Waals surface area (Å²) < 4.78 is 21.8. The molecule has 2 fully saturated rings. The lowest BCUT2D eigenvalue weighted by Gasteiger charge is -2.27. The lowest BCUT2D eigenvalue weighted by Crippen LogP contribution is -2.43. The molecule has 3 unspecified atom stereocenters. The van der Waals surface area contributed by atoms with E-state index in [1.807, 2.05) is 0 Å². The van der Waals surface area contributed by atoms with Gasteiger partial charge in [-0.2, -0.15) is 0 Å². The highest BCUT2D eigenvalue weighted by Gasteiger charge is 2.45. The van der Waals surface area contributed by atoms with Crippen molar-refractivity contribution in [3.05, 3.63) is 0 Å². The first-order valence-corrected chi connectivity index (χ1v) is 7.97. The van der Waals surface area contributed by atoms with E-state index in [-0.39, 0.29) is 11.0 Å². The summed E-state index contributed by atoms with van der Waals surface area (Å²) in [6, 6.07) is 0.915. The van der Waals surface area contributed by atoms with Crippen LogP contribution in [0, 0.1) is 5.92 Å². The third-order valence-corrected chi connectivity index (χ3v) is 6.67. The van der Waals surface area contributed by atoms with Crippen molar-refractivity contribution in [1.29, 1.82) is 0 Å². The lowest BCUT2D eigenvalue weighted by atomic mass is 9.88. The van der Waals surface area contributed by atoms with Crippen LogP contribution in [-0.2, 0) is 18.0 Å². The summed E-state index contributed by atoms with van der Waals surface area (Å²) in [5, 5.41) is 0. The van der Waals surface area contributed by atoms with Gasteiger partial charge in [0.25, 0.3) is 0 Å². The second kappa shape index (κ2) is 6.44. The highest BCUT2D eigenvalue weighted by atomic mass is 28.4. The fraction of sp³-hybridized carbons (Fsp3) is 1.00. The number of epoxide rings is 1. The molecule has 0 aromatic carbocycles. The van der Waals surface area contributed by atoms with E-state index in [2.05, 4.69) is 0 Å². The molecular formula is C11H26O4Si2. The quantitative estimate of drug-likeness (QED) is 0.520. The molecule has 1 heterocycles. The molecule has 0 N–H and O–H groups in total. The molecule has 6 heteroatoms. The molecule has 2 aliphatic rings. The molecule has 0 bridgehead atoms. The van der Waals surface area contributed by atoms with Crippen LogP contribution in [0.2, 0.25) is 6.04 Å². The molecule has 1 aliphatic carbocycles. The third-order valence-electron chi connectivity index (χ3n) is 3.90. The Morgan fingerprint density at radius 2 is 1.71 bits per heavy atom. The van der Waals surface area contributed by atoms with Gasteiger partial charge in [-0.3, -0.25) is 0 Å². The number of fused-ring (bicyclic) bond motifs is 1. The average Bonchev–Trinajstić information content (AvgIpc) is 3.10. The Balaban J connectivity index is 0.00000144. The van der Waals surface area contributed by atoms with Crippen LogP contribution >= 0.6 is 0 Å². The number of ether oxygens (including phenoxy) is 1. The van der Waals surface area contributed by atoms with Gasteiger partial charge in [0.15, 0.2) is 0 Å². The van der Waals surface area contributed by atoms with Crippen LogP contribution < -0.4 is 0 Å². The number of hydrogen-bond donors (Lipinski definition) is 0. The van der Waals surface area contributed by atoms with Gasteiger partial charge in [0.05, 0.1) is 12.2 Å². The largest absolute Gasteiger partial charge is 0.500 e. The van der Waals surface area contributed by atoms with Gasteiger partial charge in [0.1, 0.15) is 0 Å². The second-order valence-electron chi connectivity index (χ2n) is 4.73. The van der Waals surface area contributed by atoms with Gasteiger partial charge in [-0.25, -0.2) is 0 Å². The molecular weight excluding hydrogens is 252 g/mol. The van der Waals surface area contributed by atoms with Gasteiger partial charge in [-0.05, 0) is 42.6 Å². The third kappa shape index (κ3) is 3.62. The Labute approximate surface area is 109 Å². The number of hydrogen-bond acceptors (Lipinski definition) is 4. The summed E-state index contributed by atoms with van der Waals surface area (Å²) >= 11 is 0. The van der Waals surface area contributed by atoms with Gasteiger partial charge >= 0.3 is 8.80 Å². The Morgan fingerprint density at radius 3 is 2.24 bits per heavy atom. The zero-order chi connectivity index (χ0) is 11.6. The van der Waals surface area contributed by atoms with Crippen molar-refractivity contribution < 1.29 is 18.0 Å². The Hall–Kier alpha value is 0.274. The van der Waals surface area contributed by atoms with E-state index in [0.29, 0.717) is 12.2 Å². The van der Waals surface area contributed by atoms with Crippen molar-refractivity contribution in [2.45, 2.75) is 43.9 Å². The van der Waals surface area contributed by atoms with Crippen molar-refractivity contribution in [1.82, 2.24) is 0 Å². The maximum absolute atomic E-state index is 5.54. The van der Waals surface area contributed by atoms with E-state index in [1.54, 1.807) is 21.3 Å². The Bertz CT molecular complexity index is 227. The van der Waals surface area contributed by atoms with Crippen molar-refractivity contribution in [3.8, 4) is 0 Å². The van der Waals surface area contributed by atoms with E-state index in [1.165, 1.54) is 19.3 Å². The maximum Gasteiger partial charge on any atom is 0.500 e. The van der Waals surface area contributed by atoms with Crippen LogP contribution in [0.25, 0.3) is 0 Å². The average molecular weight is 278 g/mol. The zero-order valence-corrected chi connectivity index (χ0v) is 11.4. The molecule has 2 rings (SSSR count). The van der Waals surface area contributed by atoms with E-state index in [4.69, 9.17) is 18.0 Å². The van der Waals surface area contributed by atoms with Crippen molar-refractivity contribution in [2.75, 3.05) is 21.3 Å². The minimum Gasteiger partial charge on any atom is -0.377 e. The summed E-state index contributed by atoms with van der Waals surface area (Å²) in [5.41, 5.74) is 0. The lowest BCUT2D eigenvalue weighted by molar-refractivity contribution is 0.120. The summed E-state index contributed by atoms with van der Waals surface area (Å²) in [5.74, 6) is 0.760. The van der Waals surface area contributed by atoms with Gasteiger partial charge in [0.2, 0.25) is 0 Å². The van der Waals surface area contributed by atoms with Crippen molar-refractivity contribution in [3.63, 3.8) is 0 Å².